The second kappa shape index (κ2) is 3.67. The Balaban J connectivity index is 3.09. The molecule has 0 saturated carbocycles. The molecule has 1 heterocycles. The molecule has 74 valence electrons. The van der Waals surface area contributed by atoms with Crippen molar-refractivity contribution in [2.75, 3.05) is 0 Å². The molecule has 0 fully saturated rings. The lowest BCUT2D eigenvalue weighted by atomic mass is 10.4. The summed E-state index contributed by atoms with van der Waals surface area (Å²) in [6.07, 6.45) is 0.907. The molecule has 1 aromatic heterocycles. The average Bonchev–Trinajstić information content (AvgIpc) is 2.32. The third kappa shape index (κ3) is 2.45. The molecule has 13 heavy (non-hydrogen) atoms. The Morgan fingerprint density at radius 1 is 1.62 bits per heavy atom. The Hall–Kier alpha value is -0.550. The molecular weight excluding hydrogens is 212 g/mol. The molecular formula is C7H11ClN2O2S. The quantitative estimate of drug-likeness (QED) is 0.729. The lowest BCUT2D eigenvalue weighted by molar-refractivity contribution is 0.564. The summed E-state index contributed by atoms with van der Waals surface area (Å²) >= 11 is 0. The van der Waals surface area contributed by atoms with Gasteiger partial charge in [-0.2, -0.15) is 5.10 Å². The minimum atomic E-state index is -3.68. The van der Waals surface area contributed by atoms with E-state index in [2.05, 4.69) is 5.10 Å². The summed E-state index contributed by atoms with van der Waals surface area (Å²) in [5.41, 5.74) is 0.807. The standard InChI is InChI=1S/C7H11ClN2O2S/c1-3-4-10-6(2)5-7(9-10)13(8,11)12/h5H,3-4H2,1-2H3. The molecule has 0 aromatic carbocycles. The van der Waals surface area contributed by atoms with Crippen LogP contribution in [0.1, 0.15) is 19.0 Å². The van der Waals surface area contributed by atoms with Crippen molar-refractivity contribution >= 4 is 19.7 Å². The summed E-state index contributed by atoms with van der Waals surface area (Å²) < 4.78 is 23.4. The molecule has 1 aromatic rings. The van der Waals surface area contributed by atoms with E-state index in [4.69, 9.17) is 10.7 Å². The van der Waals surface area contributed by atoms with Gasteiger partial charge in [0.05, 0.1) is 0 Å². The molecule has 0 radical (unpaired) electrons. The fourth-order valence-electron chi connectivity index (χ4n) is 1.04. The SMILES string of the molecule is CCCn1nc(S(=O)(=O)Cl)cc1C. The van der Waals surface area contributed by atoms with Gasteiger partial charge in [-0.3, -0.25) is 4.68 Å². The number of nitrogens with zero attached hydrogens (tertiary/aromatic N) is 2. The molecule has 6 heteroatoms. The lowest BCUT2D eigenvalue weighted by Gasteiger charge is -1.98. The summed E-state index contributed by atoms with van der Waals surface area (Å²) in [4.78, 5) is 0. The first kappa shape index (κ1) is 10.5. The highest BCUT2D eigenvalue weighted by Crippen LogP contribution is 2.14. The number of rotatable bonds is 3. The van der Waals surface area contributed by atoms with E-state index < -0.39 is 9.05 Å². The fraction of sp³-hybridized carbons (Fsp3) is 0.571. The van der Waals surface area contributed by atoms with Crippen LogP contribution >= 0.6 is 10.7 Å². The van der Waals surface area contributed by atoms with Crippen LogP contribution in [-0.2, 0) is 15.6 Å². The molecule has 0 N–H and O–H groups in total. The Kier molecular flexibility index (Phi) is 2.98. The zero-order valence-electron chi connectivity index (χ0n) is 7.49. The summed E-state index contributed by atoms with van der Waals surface area (Å²) in [5.74, 6) is 0. The number of hydrogen-bond acceptors (Lipinski definition) is 3. The topological polar surface area (TPSA) is 52.0 Å². The normalized spacial score (nSPS) is 11.9. The van der Waals surface area contributed by atoms with E-state index in [9.17, 15) is 8.42 Å². The number of hydrogen-bond donors (Lipinski definition) is 0. The van der Waals surface area contributed by atoms with Crippen molar-refractivity contribution < 1.29 is 8.42 Å². The van der Waals surface area contributed by atoms with Gasteiger partial charge in [-0.25, -0.2) is 8.42 Å². The van der Waals surface area contributed by atoms with Gasteiger partial charge in [0.1, 0.15) is 0 Å². The van der Waals surface area contributed by atoms with E-state index in [0.29, 0.717) is 6.54 Å². The van der Waals surface area contributed by atoms with Crippen molar-refractivity contribution in [3.63, 3.8) is 0 Å². The molecule has 0 bridgehead atoms. The van der Waals surface area contributed by atoms with E-state index in [-0.39, 0.29) is 5.03 Å². The largest absolute Gasteiger partial charge is 0.280 e. The van der Waals surface area contributed by atoms with E-state index in [1.165, 1.54) is 6.07 Å². The molecule has 0 saturated heterocycles. The monoisotopic (exact) mass is 222 g/mol. The number of halogens is 1. The van der Waals surface area contributed by atoms with Crippen LogP contribution < -0.4 is 0 Å². The van der Waals surface area contributed by atoms with Crippen molar-refractivity contribution in [3.8, 4) is 0 Å². The van der Waals surface area contributed by atoms with Gasteiger partial charge in [-0.1, -0.05) is 6.92 Å². The Bertz CT molecular complexity index is 397. The van der Waals surface area contributed by atoms with Crippen molar-refractivity contribution in [1.82, 2.24) is 9.78 Å². The first-order valence-electron chi connectivity index (χ1n) is 3.94. The first-order chi connectivity index (χ1) is 5.95. The predicted molar refractivity (Wildman–Crippen MR) is 50.3 cm³/mol. The molecule has 0 atom stereocenters. The van der Waals surface area contributed by atoms with E-state index in [1.54, 1.807) is 11.6 Å². The Labute approximate surface area is 81.9 Å². The fourth-order valence-corrected chi connectivity index (χ4v) is 1.77. The summed E-state index contributed by atoms with van der Waals surface area (Å²) in [5, 5.41) is 3.80. The Morgan fingerprint density at radius 2 is 2.23 bits per heavy atom. The summed E-state index contributed by atoms with van der Waals surface area (Å²) in [6, 6.07) is 1.47. The second-order valence-corrected chi connectivity index (χ2v) is 5.30. The molecule has 0 aliphatic carbocycles. The van der Waals surface area contributed by atoms with Crippen molar-refractivity contribution in [3.05, 3.63) is 11.8 Å². The zero-order valence-corrected chi connectivity index (χ0v) is 9.06. The maximum absolute atomic E-state index is 10.9. The number of aromatic nitrogens is 2. The minimum absolute atomic E-state index is 0.0693. The molecule has 0 unspecified atom stereocenters. The summed E-state index contributed by atoms with van der Waals surface area (Å²) in [7, 11) is 1.46. The van der Waals surface area contributed by atoms with Gasteiger partial charge >= 0.3 is 0 Å². The zero-order chi connectivity index (χ0) is 10.1. The minimum Gasteiger partial charge on any atom is -0.269 e. The van der Waals surface area contributed by atoms with Crippen LogP contribution in [0.2, 0.25) is 0 Å². The highest BCUT2D eigenvalue weighted by atomic mass is 35.7. The van der Waals surface area contributed by atoms with Gasteiger partial charge in [0.2, 0.25) is 0 Å². The van der Waals surface area contributed by atoms with Crippen LogP contribution in [0.5, 0.6) is 0 Å². The van der Waals surface area contributed by atoms with Crippen LogP contribution in [0.25, 0.3) is 0 Å². The van der Waals surface area contributed by atoms with Crippen LogP contribution in [-0.4, -0.2) is 18.2 Å². The van der Waals surface area contributed by atoms with E-state index >= 15 is 0 Å². The van der Waals surface area contributed by atoms with Gasteiger partial charge in [-0.15, -0.1) is 0 Å². The van der Waals surface area contributed by atoms with Crippen molar-refractivity contribution in [1.29, 1.82) is 0 Å². The third-order valence-corrected chi connectivity index (χ3v) is 2.82. The highest BCUT2D eigenvalue weighted by Gasteiger charge is 2.15. The van der Waals surface area contributed by atoms with Gasteiger partial charge < -0.3 is 0 Å². The molecule has 0 aliphatic heterocycles. The lowest BCUT2D eigenvalue weighted by Crippen LogP contribution is -2.02. The van der Waals surface area contributed by atoms with Crippen LogP contribution in [0.15, 0.2) is 11.1 Å². The second-order valence-electron chi connectivity index (χ2n) is 2.78. The van der Waals surface area contributed by atoms with E-state index in [0.717, 1.165) is 12.1 Å². The maximum Gasteiger partial charge on any atom is 0.280 e. The molecule has 0 aliphatic rings. The number of aryl methyl sites for hydroxylation is 2. The predicted octanol–water partition coefficient (Wildman–Crippen LogP) is 1.53. The average molecular weight is 223 g/mol. The molecule has 4 nitrogen and oxygen atoms in total. The first-order valence-corrected chi connectivity index (χ1v) is 6.25. The van der Waals surface area contributed by atoms with Crippen molar-refractivity contribution in [2.24, 2.45) is 0 Å². The molecule has 1 rings (SSSR count). The molecule has 0 amide bonds. The van der Waals surface area contributed by atoms with Crippen molar-refractivity contribution in [2.45, 2.75) is 31.8 Å². The van der Waals surface area contributed by atoms with Gasteiger partial charge in [0.25, 0.3) is 9.05 Å². The molecule has 0 spiro atoms. The Morgan fingerprint density at radius 3 is 2.62 bits per heavy atom. The van der Waals surface area contributed by atoms with Gasteiger partial charge in [0, 0.05) is 22.9 Å². The van der Waals surface area contributed by atoms with Gasteiger partial charge in [0.15, 0.2) is 5.03 Å². The third-order valence-electron chi connectivity index (χ3n) is 1.64. The summed E-state index contributed by atoms with van der Waals surface area (Å²) in [6.45, 7) is 4.50. The van der Waals surface area contributed by atoms with Gasteiger partial charge in [-0.05, 0) is 19.4 Å². The maximum atomic E-state index is 10.9. The van der Waals surface area contributed by atoms with Crippen LogP contribution in [0, 0.1) is 6.92 Å². The highest BCUT2D eigenvalue weighted by molar-refractivity contribution is 8.13. The smallest absolute Gasteiger partial charge is 0.269 e. The van der Waals surface area contributed by atoms with Crippen LogP contribution in [0.3, 0.4) is 0 Å². The van der Waals surface area contributed by atoms with E-state index in [1.807, 2.05) is 6.92 Å². The van der Waals surface area contributed by atoms with Crippen LogP contribution in [0.4, 0.5) is 0 Å².